The Labute approximate surface area is 135 Å². The molecule has 0 spiro atoms. The highest BCUT2D eigenvalue weighted by atomic mass is 32.2. The van der Waals surface area contributed by atoms with Gasteiger partial charge in [0.1, 0.15) is 11.8 Å². The van der Waals surface area contributed by atoms with Crippen molar-refractivity contribution in [1.82, 2.24) is 20.3 Å². The van der Waals surface area contributed by atoms with Crippen LogP contribution in [0, 0.1) is 13.8 Å². The highest BCUT2D eigenvalue weighted by Crippen LogP contribution is 2.24. The Morgan fingerprint density at radius 2 is 1.91 bits per heavy atom. The fourth-order valence-electron chi connectivity index (χ4n) is 2.92. The summed E-state index contributed by atoms with van der Waals surface area (Å²) in [6.07, 6.45) is 2.42. The van der Waals surface area contributed by atoms with E-state index in [0.717, 1.165) is 28.6 Å². The van der Waals surface area contributed by atoms with E-state index in [1.807, 2.05) is 20.0 Å². The molecule has 1 N–H and O–H groups in total. The van der Waals surface area contributed by atoms with Gasteiger partial charge in [-0.1, -0.05) is 22.4 Å². The third-order valence-electron chi connectivity index (χ3n) is 3.79. The smallest absolute Gasteiger partial charge is 0.264 e. The van der Waals surface area contributed by atoms with Crippen LogP contribution in [0.3, 0.4) is 0 Å². The fourth-order valence-corrected chi connectivity index (χ4v) is 3.57. The normalized spacial score (nSPS) is 21.7. The van der Waals surface area contributed by atoms with E-state index in [2.05, 4.69) is 33.8 Å². The zero-order chi connectivity index (χ0) is 16.6. The van der Waals surface area contributed by atoms with Crippen molar-refractivity contribution in [3.8, 4) is 11.3 Å². The van der Waals surface area contributed by atoms with Crippen LogP contribution < -0.4 is 5.32 Å². The second-order valence-corrected chi connectivity index (χ2v) is 7.63. The van der Waals surface area contributed by atoms with E-state index in [9.17, 15) is 8.42 Å². The van der Waals surface area contributed by atoms with Crippen LogP contribution in [0.25, 0.3) is 11.3 Å². The lowest BCUT2D eigenvalue weighted by Crippen LogP contribution is -2.28. The fraction of sp³-hybridized carbons (Fsp3) is 0.467. The van der Waals surface area contributed by atoms with Crippen LogP contribution in [0.1, 0.15) is 17.2 Å². The quantitative estimate of drug-likeness (QED) is 0.840. The summed E-state index contributed by atoms with van der Waals surface area (Å²) in [7, 11) is -3.51. The molecule has 23 heavy (non-hydrogen) atoms. The average molecular weight is 336 g/mol. The number of aryl methyl sites for hydroxylation is 2. The maximum Gasteiger partial charge on any atom is 0.264 e. The Balaban J connectivity index is 1.86. The Hall–Kier alpha value is -1.77. The standard InChI is InChI=1S/C15H20N4O3S/c1-10-4-11(2)6-12(5-10)13-9-19(18-17-13)14-7-16-8-15(14)22-23(3,20)21/h4-6,9,14-16H,7-8H2,1-3H3/t14-,15-/m1/s1. The van der Waals surface area contributed by atoms with Crippen molar-refractivity contribution >= 4 is 10.1 Å². The molecular formula is C15H20N4O3S. The number of aromatic nitrogens is 3. The average Bonchev–Trinajstić information content (AvgIpc) is 3.03. The highest BCUT2D eigenvalue weighted by Gasteiger charge is 2.33. The molecule has 1 aromatic heterocycles. The molecule has 2 atom stereocenters. The molecule has 8 heteroatoms. The van der Waals surface area contributed by atoms with Gasteiger partial charge < -0.3 is 5.32 Å². The van der Waals surface area contributed by atoms with Crippen LogP contribution in [0.4, 0.5) is 0 Å². The molecule has 1 aromatic carbocycles. The summed E-state index contributed by atoms with van der Waals surface area (Å²) in [6.45, 7) is 5.14. The molecule has 2 aromatic rings. The maximum atomic E-state index is 11.4. The Bertz CT molecular complexity index is 796. The van der Waals surface area contributed by atoms with Crippen molar-refractivity contribution in [3.63, 3.8) is 0 Å². The van der Waals surface area contributed by atoms with E-state index in [0.29, 0.717) is 13.1 Å². The number of nitrogens with zero attached hydrogens (tertiary/aromatic N) is 3. The van der Waals surface area contributed by atoms with Crippen molar-refractivity contribution < 1.29 is 12.6 Å². The zero-order valence-electron chi connectivity index (χ0n) is 13.4. The predicted octanol–water partition coefficient (Wildman–Crippen LogP) is 1.05. The van der Waals surface area contributed by atoms with Gasteiger partial charge >= 0.3 is 0 Å². The lowest BCUT2D eigenvalue weighted by atomic mass is 10.1. The molecule has 0 saturated carbocycles. The van der Waals surface area contributed by atoms with E-state index in [-0.39, 0.29) is 6.04 Å². The first kappa shape index (κ1) is 16.1. The van der Waals surface area contributed by atoms with Gasteiger partial charge in [0.2, 0.25) is 0 Å². The summed E-state index contributed by atoms with van der Waals surface area (Å²) >= 11 is 0. The van der Waals surface area contributed by atoms with Gasteiger partial charge in [0.05, 0.1) is 18.5 Å². The topological polar surface area (TPSA) is 86.1 Å². The van der Waals surface area contributed by atoms with E-state index < -0.39 is 16.2 Å². The van der Waals surface area contributed by atoms with Gasteiger partial charge in [-0.15, -0.1) is 5.10 Å². The lowest BCUT2D eigenvalue weighted by Gasteiger charge is -2.17. The van der Waals surface area contributed by atoms with Crippen molar-refractivity contribution in [2.75, 3.05) is 19.3 Å². The van der Waals surface area contributed by atoms with E-state index in [4.69, 9.17) is 4.18 Å². The summed E-state index contributed by atoms with van der Waals surface area (Å²) in [6, 6.07) is 6.01. The van der Waals surface area contributed by atoms with Gasteiger partial charge in [0.25, 0.3) is 10.1 Å². The summed E-state index contributed by atoms with van der Waals surface area (Å²) in [5.41, 5.74) is 4.09. The second kappa shape index (κ2) is 6.03. The molecular weight excluding hydrogens is 316 g/mol. The van der Waals surface area contributed by atoms with Gasteiger partial charge in [-0.2, -0.15) is 8.42 Å². The molecule has 2 heterocycles. The molecule has 1 aliphatic heterocycles. The van der Waals surface area contributed by atoms with Gasteiger partial charge in [-0.05, 0) is 26.0 Å². The van der Waals surface area contributed by atoms with Crippen LogP contribution in [-0.2, 0) is 14.3 Å². The molecule has 1 aliphatic rings. The number of benzene rings is 1. The Morgan fingerprint density at radius 1 is 1.22 bits per heavy atom. The van der Waals surface area contributed by atoms with Crippen molar-refractivity contribution in [2.45, 2.75) is 26.0 Å². The van der Waals surface area contributed by atoms with Gasteiger partial charge in [0, 0.05) is 18.7 Å². The number of hydrogen-bond donors (Lipinski definition) is 1. The van der Waals surface area contributed by atoms with Crippen LogP contribution in [-0.4, -0.2) is 48.9 Å². The first-order valence-corrected chi connectivity index (χ1v) is 9.23. The van der Waals surface area contributed by atoms with Crippen LogP contribution in [0.5, 0.6) is 0 Å². The van der Waals surface area contributed by atoms with Crippen LogP contribution in [0.2, 0.25) is 0 Å². The zero-order valence-corrected chi connectivity index (χ0v) is 14.2. The molecule has 3 rings (SSSR count). The van der Waals surface area contributed by atoms with Gasteiger partial charge in [0.15, 0.2) is 0 Å². The second-order valence-electron chi connectivity index (χ2n) is 6.02. The van der Waals surface area contributed by atoms with Crippen LogP contribution in [0.15, 0.2) is 24.4 Å². The molecule has 124 valence electrons. The van der Waals surface area contributed by atoms with Crippen molar-refractivity contribution in [2.24, 2.45) is 0 Å². The molecule has 1 saturated heterocycles. The lowest BCUT2D eigenvalue weighted by molar-refractivity contribution is 0.177. The van der Waals surface area contributed by atoms with Crippen molar-refractivity contribution in [3.05, 3.63) is 35.5 Å². The maximum absolute atomic E-state index is 11.4. The summed E-state index contributed by atoms with van der Waals surface area (Å²) < 4.78 is 29.6. The van der Waals surface area contributed by atoms with Gasteiger partial charge in [-0.25, -0.2) is 4.68 Å². The molecule has 0 radical (unpaired) electrons. The third-order valence-corrected chi connectivity index (χ3v) is 4.39. The molecule has 0 bridgehead atoms. The predicted molar refractivity (Wildman–Crippen MR) is 86.6 cm³/mol. The molecule has 0 unspecified atom stereocenters. The Kier molecular flexibility index (Phi) is 4.22. The van der Waals surface area contributed by atoms with E-state index >= 15 is 0 Å². The van der Waals surface area contributed by atoms with Gasteiger partial charge in [-0.3, -0.25) is 4.18 Å². The number of rotatable bonds is 4. The monoisotopic (exact) mass is 336 g/mol. The number of nitrogens with one attached hydrogen (secondary N) is 1. The first-order chi connectivity index (χ1) is 10.8. The first-order valence-electron chi connectivity index (χ1n) is 7.41. The van der Waals surface area contributed by atoms with Crippen LogP contribution >= 0.6 is 0 Å². The van der Waals surface area contributed by atoms with Crippen molar-refractivity contribution in [1.29, 1.82) is 0 Å². The van der Waals surface area contributed by atoms with E-state index in [1.54, 1.807) is 4.68 Å². The molecule has 0 amide bonds. The minimum Gasteiger partial charge on any atom is -0.312 e. The number of hydrogen-bond acceptors (Lipinski definition) is 6. The molecule has 0 aliphatic carbocycles. The summed E-state index contributed by atoms with van der Waals surface area (Å²) in [5, 5.41) is 11.5. The Morgan fingerprint density at radius 3 is 2.57 bits per heavy atom. The van der Waals surface area contributed by atoms with E-state index in [1.165, 1.54) is 0 Å². The minimum atomic E-state index is -3.51. The largest absolute Gasteiger partial charge is 0.312 e. The summed E-state index contributed by atoms with van der Waals surface area (Å²) in [4.78, 5) is 0. The highest BCUT2D eigenvalue weighted by molar-refractivity contribution is 7.86. The third kappa shape index (κ3) is 3.77. The molecule has 7 nitrogen and oxygen atoms in total. The SMILES string of the molecule is Cc1cc(C)cc(-c2cn([C@@H]3CNC[C@H]3OS(C)(=O)=O)nn2)c1. The summed E-state index contributed by atoms with van der Waals surface area (Å²) in [5.74, 6) is 0. The molecule has 1 fully saturated rings. The minimum absolute atomic E-state index is 0.197.